The second-order valence-corrected chi connectivity index (χ2v) is 8.69. The van der Waals surface area contributed by atoms with Gasteiger partial charge in [0, 0.05) is 23.7 Å². The fraction of sp³-hybridized carbons (Fsp3) is 0.455. The van der Waals surface area contributed by atoms with Crippen LogP contribution >= 0.6 is 0 Å². The second kappa shape index (κ2) is 7.36. The Balaban J connectivity index is 5.61. The third-order valence-corrected chi connectivity index (χ3v) is 6.28. The van der Waals surface area contributed by atoms with Gasteiger partial charge in [-0.1, -0.05) is 13.2 Å². The van der Waals surface area contributed by atoms with Crippen LogP contribution in [0.3, 0.4) is 0 Å². The standard InChI is InChI=1S/C11H18N2O6S2/c1-3-20(16,17)8(6-10(12)14)5-9(7-11(13)15)21(18,19)4-2/h3-4,8-9H,1-2,5-7H2,(H2,12,14)(H2,13,15). The van der Waals surface area contributed by atoms with Gasteiger partial charge in [0.25, 0.3) is 0 Å². The van der Waals surface area contributed by atoms with Crippen LogP contribution in [0, 0.1) is 0 Å². The molecule has 21 heavy (non-hydrogen) atoms. The summed E-state index contributed by atoms with van der Waals surface area (Å²) in [6, 6.07) is 0. The Hall–Kier alpha value is -1.68. The first-order valence-corrected chi connectivity index (χ1v) is 8.97. The van der Waals surface area contributed by atoms with Crippen LogP contribution in [0.15, 0.2) is 24.0 Å². The topological polar surface area (TPSA) is 154 Å². The normalized spacial score (nSPS) is 14.9. The summed E-state index contributed by atoms with van der Waals surface area (Å²) >= 11 is 0. The molecule has 0 bridgehead atoms. The van der Waals surface area contributed by atoms with Crippen LogP contribution in [0.25, 0.3) is 0 Å². The van der Waals surface area contributed by atoms with E-state index < -0.39 is 61.3 Å². The molecule has 0 aromatic heterocycles. The molecule has 0 aliphatic rings. The highest BCUT2D eigenvalue weighted by molar-refractivity contribution is 7.95. The van der Waals surface area contributed by atoms with Gasteiger partial charge >= 0.3 is 0 Å². The van der Waals surface area contributed by atoms with Crippen LogP contribution < -0.4 is 11.5 Å². The molecular weight excluding hydrogens is 320 g/mol. The van der Waals surface area contributed by atoms with Gasteiger partial charge in [-0.15, -0.1) is 0 Å². The largest absolute Gasteiger partial charge is 0.370 e. The van der Waals surface area contributed by atoms with Gasteiger partial charge in [-0.2, -0.15) is 0 Å². The molecule has 0 aliphatic carbocycles. The Morgan fingerprint density at radius 3 is 1.33 bits per heavy atom. The van der Waals surface area contributed by atoms with E-state index in [9.17, 15) is 26.4 Å². The molecule has 0 aromatic rings. The van der Waals surface area contributed by atoms with E-state index in [-0.39, 0.29) is 0 Å². The summed E-state index contributed by atoms with van der Waals surface area (Å²) in [5.41, 5.74) is 9.93. The molecule has 2 amide bonds. The molecule has 0 aliphatic heterocycles. The Bertz CT molecular complexity index is 580. The Kier molecular flexibility index (Phi) is 6.77. The molecule has 10 heteroatoms. The highest BCUT2D eigenvalue weighted by Gasteiger charge is 2.33. The predicted octanol–water partition coefficient (Wildman–Crippen LogP) is -1.02. The van der Waals surface area contributed by atoms with Crippen molar-refractivity contribution in [1.82, 2.24) is 0 Å². The van der Waals surface area contributed by atoms with Crippen molar-refractivity contribution >= 4 is 31.5 Å². The van der Waals surface area contributed by atoms with Gasteiger partial charge < -0.3 is 11.5 Å². The first kappa shape index (κ1) is 19.3. The van der Waals surface area contributed by atoms with E-state index >= 15 is 0 Å². The third-order valence-electron chi connectivity index (χ3n) is 2.78. The van der Waals surface area contributed by atoms with Gasteiger partial charge in [0.2, 0.25) is 11.8 Å². The quantitative estimate of drug-likeness (QED) is 0.519. The Labute approximate surface area is 123 Å². The van der Waals surface area contributed by atoms with E-state index in [4.69, 9.17) is 11.5 Å². The lowest BCUT2D eigenvalue weighted by atomic mass is 10.1. The van der Waals surface area contributed by atoms with Crippen molar-refractivity contribution in [2.24, 2.45) is 11.5 Å². The molecule has 0 saturated heterocycles. The van der Waals surface area contributed by atoms with Crippen LogP contribution in [0.1, 0.15) is 19.3 Å². The SMILES string of the molecule is C=CS(=O)(=O)C(CC(N)=O)CC(CC(N)=O)S(=O)(=O)C=C. The molecular formula is C11H18N2O6S2. The zero-order valence-corrected chi connectivity index (χ0v) is 12.9. The van der Waals surface area contributed by atoms with Crippen molar-refractivity contribution in [1.29, 1.82) is 0 Å². The van der Waals surface area contributed by atoms with Crippen molar-refractivity contribution in [2.75, 3.05) is 0 Å². The van der Waals surface area contributed by atoms with Gasteiger partial charge in [0.05, 0.1) is 10.5 Å². The Morgan fingerprint density at radius 1 is 0.857 bits per heavy atom. The number of carbonyl (C=O) groups is 2. The lowest BCUT2D eigenvalue weighted by Gasteiger charge is -2.20. The highest BCUT2D eigenvalue weighted by Crippen LogP contribution is 2.21. The average molecular weight is 338 g/mol. The number of primary amides is 2. The maximum Gasteiger partial charge on any atom is 0.218 e. The first-order chi connectivity index (χ1) is 9.46. The lowest BCUT2D eigenvalue weighted by Crippen LogP contribution is -2.35. The van der Waals surface area contributed by atoms with Gasteiger partial charge in [0.1, 0.15) is 0 Å². The highest BCUT2D eigenvalue weighted by atomic mass is 32.2. The summed E-state index contributed by atoms with van der Waals surface area (Å²) in [6.07, 6.45) is -1.68. The summed E-state index contributed by atoms with van der Waals surface area (Å²) in [7, 11) is -7.89. The molecule has 8 nitrogen and oxygen atoms in total. The minimum atomic E-state index is -3.94. The summed E-state index contributed by atoms with van der Waals surface area (Å²) < 4.78 is 47.2. The predicted molar refractivity (Wildman–Crippen MR) is 78.0 cm³/mol. The van der Waals surface area contributed by atoms with Gasteiger partial charge in [-0.25, -0.2) is 16.8 Å². The number of rotatable bonds is 10. The monoisotopic (exact) mass is 338 g/mol. The van der Waals surface area contributed by atoms with E-state index in [1.807, 2.05) is 0 Å². The number of hydrogen-bond acceptors (Lipinski definition) is 6. The summed E-state index contributed by atoms with van der Waals surface area (Å²) in [6.45, 7) is 6.22. The maximum absolute atomic E-state index is 11.8. The lowest BCUT2D eigenvalue weighted by molar-refractivity contribution is -0.118. The van der Waals surface area contributed by atoms with Crippen molar-refractivity contribution in [3.05, 3.63) is 24.0 Å². The molecule has 0 rings (SSSR count). The smallest absolute Gasteiger partial charge is 0.218 e. The van der Waals surface area contributed by atoms with Crippen molar-refractivity contribution in [3.8, 4) is 0 Å². The molecule has 0 aromatic carbocycles. The number of hydrogen-bond donors (Lipinski definition) is 2. The van der Waals surface area contributed by atoms with Gasteiger partial charge in [-0.3, -0.25) is 9.59 Å². The van der Waals surface area contributed by atoms with Crippen molar-refractivity contribution in [2.45, 2.75) is 29.8 Å². The first-order valence-electron chi connectivity index (χ1n) is 5.75. The van der Waals surface area contributed by atoms with Crippen LogP contribution in [0.5, 0.6) is 0 Å². The van der Waals surface area contributed by atoms with Gasteiger partial charge in [-0.05, 0) is 6.42 Å². The van der Waals surface area contributed by atoms with E-state index in [1.54, 1.807) is 0 Å². The molecule has 0 saturated carbocycles. The summed E-state index contributed by atoms with van der Waals surface area (Å²) in [5, 5.41) is -1.57. The minimum absolute atomic E-state index is 0.505. The van der Waals surface area contributed by atoms with Crippen LogP contribution in [0.4, 0.5) is 0 Å². The second-order valence-electron chi connectivity index (χ2n) is 4.33. The van der Waals surface area contributed by atoms with E-state index in [0.29, 0.717) is 10.8 Å². The third kappa shape index (κ3) is 6.08. The number of sulfone groups is 2. The molecule has 0 radical (unpaired) electrons. The van der Waals surface area contributed by atoms with Crippen molar-refractivity contribution in [3.63, 3.8) is 0 Å². The van der Waals surface area contributed by atoms with Crippen molar-refractivity contribution < 1.29 is 26.4 Å². The minimum Gasteiger partial charge on any atom is -0.370 e. The zero-order chi connectivity index (χ0) is 16.8. The molecule has 0 heterocycles. The van der Waals surface area contributed by atoms with E-state index in [1.165, 1.54) is 0 Å². The number of nitrogens with two attached hydrogens (primary N) is 2. The maximum atomic E-state index is 11.8. The molecule has 2 unspecified atom stereocenters. The average Bonchev–Trinajstić information content (AvgIpc) is 2.35. The fourth-order valence-electron chi connectivity index (χ4n) is 1.68. The number of amides is 2. The summed E-state index contributed by atoms with van der Waals surface area (Å²) in [5.74, 6) is -1.83. The van der Waals surface area contributed by atoms with Crippen LogP contribution in [0.2, 0.25) is 0 Å². The Morgan fingerprint density at radius 2 is 1.14 bits per heavy atom. The van der Waals surface area contributed by atoms with Gasteiger partial charge in [0.15, 0.2) is 19.7 Å². The molecule has 0 fully saturated rings. The fourth-order valence-corrected chi connectivity index (χ4v) is 4.14. The number of carbonyl (C=O) groups excluding carboxylic acids is 2. The van der Waals surface area contributed by atoms with Crippen LogP contribution in [-0.2, 0) is 29.3 Å². The molecule has 0 spiro atoms. The zero-order valence-electron chi connectivity index (χ0n) is 11.3. The van der Waals surface area contributed by atoms with E-state index in [2.05, 4.69) is 13.2 Å². The molecule has 2 atom stereocenters. The molecule has 120 valence electrons. The summed E-state index contributed by atoms with van der Waals surface area (Å²) in [4.78, 5) is 21.9. The van der Waals surface area contributed by atoms with E-state index in [0.717, 1.165) is 0 Å². The van der Waals surface area contributed by atoms with Crippen LogP contribution in [-0.4, -0.2) is 39.1 Å². The molecule has 4 N–H and O–H groups in total.